The summed E-state index contributed by atoms with van der Waals surface area (Å²) in [5.41, 5.74) is -0.216. The molecule has 0 atom stereocenters. The van der Waals surface area contributed by atoms with Gasteiger partial charge in [-0.3, -0.25) is 0 Å². The Morgan fingerprint density at radius 1 is 0.889 bits per heavy atom. The predicted octanol–water partition coefficient (Wildman–Crippen LogP) is 5.32. The number of hydrogen-bond donors (Lipinski definition) is 0. The Hall–Kier alpha value is -1.48. The second-order valence-corrected chi connectivity index (χ2v) is 10.3. The highest BCUT2D eigenvalue weighted by atomic mass is 28.3. The Morgan fingerprint density at radius 3 is 2.17 bits per heavy atom. The van der Waals surface area contributed by atoms with Crippen LogP contribution in [0.25, 0.3) is 16.6 Å². The predicted molar refractivity (Wildman–Crippen MR) is 76.4 cm³/mol. The fraction of sp³-hybridized carbons (Fsp3) is 0.200. The molecule has 0 aliphatic heterocycles. The van der Waals surface area contributed by atoms with E-state index < -0.39 is 19.4 Å². The van der Waals surface area contributed by atoms with Crippen LogP contribution in [0.4, 0.5) is 8.78 Å². The van der Waals surface area contributed by atoms with Gasteiger partial charge in [0.1, 0.15) is 13.5 Å². The first-order chi connectivity index (χ1) is 8.41. The fourth-order valence-corrected chi connectivity index (χ4v) is 2.66. The lowest BCUT2D eigenvalue weighted by molar-refractivity contribution is 0.641. The van der Waals surface area contributed by atoms with Crippen molar-refractivity contribution in [2.24, 2.45) is 0 Å². The summed E-state index contributed by atoms with van der Waals surface area (Å²) in [6.07, 6.45) is 0. The zero-order valence-corrected chi connectivity index (χ0v) is 11.8. The third kappa shape index (κ3) is 2.36. The highest BCUT2D eigenvalue weighted by Crippen LogP contribution is 2.32. The van der Waals surface area contributed by atoms with E-state index >= 15 is 0 Å². The van der Waals surface area contributed by atoms with Crippen LogP contribution in [-0.2, 0) is 0 Å². The molecule has 94 valence electrons. The lowest BCUT2D eigenvalue weighted by Crippen LogP contribution is -2.22. The average Bonchev–Trinajstić information content (AvgIpc) is 2.35. The number of fused-ring (bicyclic) bond motifs is 1. The molecule has 2 rings (SSSR count). The minimum Gasteiger partial charge on any atom is -0.214 e. The summed E-state index contributed by atoms with van der Waals surface area (Å²) in [6, 6.07) is 12.7. The molecule has 0 amide bonds. The Kier molecular flexibility index (Phi) is 3.35. The maximum Gasteiger partial charge on any atom is 0.157 e. The third-order valence-corrected chi connectivity index (χ3v) is 4.41. The molecule has 0 aromatic heterocycles. The molecule has 0 bridgehead atoms. The second-order valence-electron chi connectivity index (χ2n) is 5.40. The summed E-state index contributed by atoms with van der Waals surface area (Å²) >= 11 is 0. The summed E-state index contributed by atoms with van der Waals surface area (Å²) in [4.78, 5) is 0. The molecule has 0 spiro atoms. The lowest BCUT2D eigenvalue weighted by Gasteiger charge is -2.15. The topological polar surface area (TPSA) is 0 Å². The maximum absolute atomic E-state index is 14.3. The van der Waals surface area contributed by atoms with E-state index in [4.69, 9.17) is 0 Å². The van der Waals surface area contributed by atoms with E-state index in [2.05, 4.69) is 0 Å². The van der Waals surface area contributed by atoms with Gasteiger partial charge in [0, 0.05) is 5.56 Å². The molecule has 2 aromatic rings. The first kappa shape index (κ1) is 13.0. The molecule has 0 heterocycles. The second kappa shape index (κ2) is 4.65. The van der Waals surface area contributed by atoms with Gasteiger partial charge in [0.25, 0.3) is 0 Å². The van der Waals surface area contributed by atoms with Crippen molar-refractivity contribution >= 4 is 24.7 Å². The number of rotatable bonds is 2. The molecule has 18 heavy (non-hydrogen) atoms. The Morgan fingerprint density at radius 2 is 1.50 bits per heavy atom. The first-order valence-electron chi connectivity index (χ1n) is 5.95. The van der Waals surface area contributed by atoms with Gasteiger partial charge >= 0.3 is 0 Å². The van der Waals surface area contributed by atoms with Crippen LogP contribution in [0.5, 0.6) is 0 Å². The molecule has 3 heteroatoms. The summed E-state index contributed by atoms with van der Waals surface area (Å²) in [5, 5.41) is 1.68. The van der Waals surface area contributed by atoms with E-state index in [1.807, 2.05) is 30.3 Å². The van der Waals surface area contributed by atoms with E-state index in [1.165, 1.54) is 0 Å². The summed E-state index contributed by atoms with van der Waals surface area (Å²) in [5.74, 6) is -0.703. The Balaban J connectivity index is 2.69. The van der Waals surface area contributed by atoms with Crippen molar-refractivity contribution in [3.63, 3.8) is 0 Å². The third-order valence-electron chi connectivity index (χ3n) is 2.88. The highest BCUT2D eigenvalue weighted by molar-refractivity contribution is 6.83. The number of benzene rings is 2. The van der Waals surface area contributed by atoms with Gasteiger partial charge in [-0.2, -0.15) is 0 Å². The fourth-order valence-electron chi connectivity index (χ4n) is 1.86. The van der Waals surface area contributed by atoms with Crippen LogP contribution in [0.1, 0.15) is 5.56 Å². The van der Waals surface area contributed by atoms with Gasteiger partial charge < -0.3 is 0 Å². The number of hydrogen-bond acceptors (Lipinski definition) is 0. The van der Waals surface area contributed by atoms with Crippen molar-refractivity contribution < 1.29 is 8.78 Å². The highest BCUT2D eigenvalue weighted by Gasteiger charge is 2.25. The van der Waals surface area contributed by atoms with E-state index in [9.17, 15) is 8.78 Å². The van der Waals surface area contributed by atoms with Crippen molar-refractivity contribution in [2.45, 2.75) is 19.6 Å². The molecule has 0 saturated carbocycles. The van der Waals surface area contributed by atoms with Crippen LogP contribution in [0.15, 0.2) is 47.9 Å². The minimum atomic E-state index is -2.26. The van der Waals surface area contributed by atoms with Crippen molar-refractivity contribution in [1.29, 1.82) is 0 Å². The monoisotopic (exact) mass is 262 g/mol. The molecule has 0 fully saturated rings. The Labute approximate surface area is 107 Å². The van der Waals surface area contributed by atoms with Crippen LogP contribution in [0.3, 0.4) is 0 Å². The average molecular weight is 262 g/mol. The largest absolute Gasteiger partial charge is 0.214 e. The van der Waals surface area contributed by atoms with Crippen molar-refractivity contribution in [2.75, 3.05) is 0 Å². The van der Waals surface area contributed by atoms with Crippen molar-refractivity contribution in [1.82, 2.24) is 0 Å². The van der Waals surface area contributed by atoms with Gasteiger partial charge in [-0.05, 0) is 10.8 Å². The van der Waals surface area contributed by atoms with Crippen LogP contribution in [0.2, 0.25) is 19.6 Å². The molecule has 0 nitrogen and oxygen atoms in total. The quantitative estimate of drug-likeness (QED) is 0.642. The molecule has 0 unspecified atom stereocenters. The molecule has 0 radical (unpaired) electrons. The van der Waals surface area contributed by atoms with Crippen LogP contribution in [-0.4, -0.2) is 8.07 Å². The summed E-state index contributed by atoms with van der Waals surface area (Å²) < 4.78 is 28.4. The van der Waals surface area contributed by atoms with Crippen LogP contribution < -0.4 is 0 Å². The molecule has 0 N–H and O–H groups in total. The molecule has 2 aromatic carbocycles. The normalized spacial score (nSPS) is 13.6. The summed E-state index contributed by atoms with van der Waals surface area (Å²) in [6.45, 7) is 5.40. The zero-order chi connectivity index (χ0) is 13.3. The van der Waals surface area contributed by atoms with E-state index in [-0.39, 0.29) is 0 Å². The molecule has 0 aliphatic carbocycles. The van der Waals surface area contributed by atoms with E-state index in [0.29, 0.717) is 5.56 Å². The van der Waals surface area contributed by atoms with Crippen molar-refractivity contribution in [3.05, 3.63) is 53.5 Å². The summed E-state index contributed by atoms with van der Waals surface area (Å²) in [7, 11) is -2.26. The van der Waals surface area contributed by atoms with Crippen LogP contribution in [0, 0.1) is 0 Å². The Bertz CT molecular complexity index is 604. The SMILES string of the molecule is C[Si](C)(C)/C(F)=C(/F)c1cccc2ccccc12. The van der Waals surface area contributed by atoms with Gasteiger partial charge in [0.2, 0.25) is 0 Å². The molecular formula is C15H16F2Si. The van der Waals surface area contributed by atoms with Gasteiger partial charge in [-0.15, -0.1) is 0 Å². The smallest absolute Gasteiger partial charge is 0.157 e. The zero-order valence-electron chi connectivity index (χ0n) is 10.8. The van der Waals surface area contributed by atoms with Crippen molar-refractivity contribution in [3.8, 4) is 0 Å². The van der Waals surface area contributed by atoms with Gasteiger partial charge in [-0.25, -0.2) is 8.78 Å². The molecular weight excluding hydrogens is 246 g/mol. The van der Waals surface area contributed by atoms with Gasteiger partial charge in [0.15, 0.2) is 5.83 Å². The minimum absolute atomic E-state index is 0.355. The van der Waals surface area contributed by atoms with E-state index in [0.717, 1.165) is 10.8 Å². The lowest BCUT2D eigenvalue weighted by atomic mass is 10.0. The molecule has 0 saturated heterocycles. The number of halogens is 2. The van der Waals surface area contributed by atoms with Crippen LogP contribution >= 0.6 is 0 Å². The van der Waals surface area contributed by atoms with Gasteiger partial charge in [-0.1, -0.05) is 62.1 Å². The maximum atomic E-state index is 14.3. The molecule has 0 aliphatic rings. The van der Waals surface area contributed by atoms with Gasteiger partial charge in [0.05, 0.1) is 0 Å². The van der Waals surface area contributed by atoms with E-state index in [1.54, 1.807) is 31.8 Å². The standard InChI is InChI=1S/C15H16F2Si/c1-18(2,3)15(17)14(16)13-10-6-8-11-7-4-5-9-12(11)13/h4-10H,1-3H3/b15-14+. The first-order valence-corrected chi connectivity index (χ1v) is 9.45.